The first kappa shape index (κ1) is 13.1. The molecule has 0 bridgehead atoms. The molecule has 8 nitrogen and oxygen atoms in total. The molecule has 2 aromatic heterocycles. The zero-order valence-corrected chi connectivity index (χ0v) is 11.0. The van der Waals surface area contributed by atoms with Crippen LogP contribution in [0.2, 0.25) is 0 Å². The van der Waals surface area contributed by atoms with Gasteiger partial charge in [-0.25, -0.2) is 4.98 Å². The number of nitrogen functional groups attached to an aromatic ring is 1. The molecule has 0 amide bonds. The Morgan fingerprint density at radius 1 is 1.37 bits per heavy atom. The number of nitrogens with one attached hydrogen (secondary N) is 1. The summed E-state index contributed by atoms with van der Waals surface area (Å²) in [5.74, 6) is 1.74. The van der Waals surface area contributed by atoms with Crippen LogP contribution in [0.25, 0.3) is 0 Å². The summed E-state index contributed by atoms with van der Waals surface area (Å²) in [6.07, 6.45) is 3.10. The van der Waals surface area contributed by atoms with E-state index in [4.69, 9.17) is 10.5 Å². The molecule has 102 valence electrons. The number of anilines is 2. The summed E-state index contributed by atoms with van der Waals surface area (Å²) in [7, 11) is 0. The van der Waals surface area contributed by atoms with E-state index in [2.05, 4.69) is 25.5 Å². The van der Waals surface area contributed by atoms with Gasteiger partial charge in [0.2, 0.25) is 5.88 Å². The number of nitrogens with zero attached hydrogens (tertiary/aromatic N) is 5. The first-order valence-corrected chi connectivity index (χ1v) is 6.10. The summed E-state index contributed by atoms with van der Waals surface area (Å²) in [6, 6.07) is 0. The van der Waals surface area contributed by atoms with Gasteiger partial charge in [-0.3, -0.25) is 0 Å². The van der Waals surface area contributed by atoms with Crippen molar-refractivity contribution in [3.8, 4) is 5.88 Å². The Kier molecular flexibility index (Phi) is 4.11. The highest BCUT2D eigenvalue weighted by Crippen LogP contribution is 2.24. The molecule has 0 atom stereocenters. The first-order chi connectivity index (χ1) is 9.26. The van der Waals surface area contributed by atoms with Crippen molar-refractivity contribution in [2.45, 2.75) is 26.9 Å². The highest BCUT2D eigenvalue weighted by molar-refractivity contribution is 5.66. The SMILES string of the molecule is CCOc1ncnc(NCc2nncn2CC)c1N. The molecule has 0 saturated heterocycles. The largest absolute Gasteiger partial charge is 0.476 e. The van der Waals surface area contributed by atoms with Crippen molar-refractivity contribution >= 4 is 11.5 Å². The van der Waals surface area contributed by atoms with Crippen molar-refractivity contribution in [3.63, 3.8) is 0 Å². The highest BCUT2D eigenvalue weighted by Gasteiger charge is 2.10. The summed E-state index contributed by atoms with van der Waals surface area (Å²) in [5.41, 5.74) is 6.32. The van der Waals surface area contributed by atoms with Crippen LogP contribution >= 0.6 is 0 Å². The molecule has 0 aromatic carbocycles. The van der Waals surface area contributed by atoms with Crippen molar-refractivity contribution in [1.29, 1.82) is 0 Å². The van der Waals surface area contributed by atoms with Crippen LogP contribution in [-0.2, 0) is 13.1 Å². The second kappa shape index (κ2) is 5.98. The molecule has 0 aliphatic carbocycles. The molecule has 3 N–H and O–H groups in total. The lowest BCUT2D eigenvalue weighted by atomic mass is 10.4. The Hall–Kier alpha value is -2.38. The van der Waals surface area contributed by atoms with Crippen molar-refractivity contribution in [2.24, 2.45) is 0 Å². The molecule has 19 heavy (non-hydrogen) atoms. The molecular weight excluding hydrogens is 246 g/mol. The molecule has 0 aliphatic rings. The van der Waals surface area contributed by atoms with Gasteiger partial charge in [0.05, 0.1) is 13.2 Å². The van der Waals surface area contributed by atoms with Gasteiger partial charge >= 0.3 is 0 Å². The van der Waals surface area contributed by atoms with Crippen molar-refractivity contribution in [3.05, 3.63) is 18.5 Å². The summed E-state index contributed by atoms with van der Waals surface area (Å²) < 4.78 is 7.25. The molecule has 2 heterocycles. The zero-order valence-electron chi connectivity index (χ0n) is 11.0. The van der Waals surface area contributed by atoms with E-state index >= 15 is 0 Å². The maximum atomic E-state index is 5.92. The zero-order chi connectivity index (χ0) is 13.7. The quantitative estimate of drug-likeness (QED) is 0.789. The minimum atomic E-state index is 0.386. The van der Waals surface area contributed by atoms with E-state index in [9.17, 15) is 0 Å². The second-order valence-electron chi connectivity index (χ2n) is 3.76. The van der Waals surface area contributed by atoms with Gasteiger partial charge in [-0.1, -0.05) is 0 Å². The molecular formula is C11H17N7O. The Balaban J connectivity index is 2.09. The predicted molar refractivity (Wildman–Crippen MR) is 70.6 cm³/mol. The van der Waals surface area contributed by atoms with Crippen LogP contribution in [0.15, 0.2) is 12.7 Å². The maximum Gasteiger partial charge on any atom is 0.242 e. The monoisotopic (exact) mass is 263 g/mol. The van der Waals surface area contributed by atoms with Gasteiger partial charge in [0, 0.05) is 6.54 Å². The van der Waals surface area contributed by atoms with E-state index < -0.39 is 0 Å². The summed E-state index contributed by atoms with van der Waals surface area (Å²) in [6.45, 7) is 5.70. The van der Waals surface area contributed by atoms with Gasteiger partial charge in [0.15, 0.2) is 11.6 Å². The molecule has 0 spiro atoms. The van der Waals surface area contributed by atoms with Crippen LogP contribution in [0, 0.1) is 0 Å². The number of aryl methyl sites for hydroxylation is 1. The number of nitrogens with two attached hydrogens (primary N) is 1. The molecule has 2 aromatic rings. The van der Waals surface area contributed by atoms with Crippen LogP contribution < -0.4 is 15.8 Å². The fourth-order valence-corrected chi connectivity index (χ4v) is 1.61. The first-order valence-electron chi connectivity index (χ1n) is 6.10. The molecule has 2 rings (SSSR count). The third-order valence-electron chi connectivity index (χ3n) is 2.58. The van der Waals surface area contributed by atoms with E-state index in [0.29, 0.717) is 30.5 Å². The Morgan fingerprint density at radius 2 is 2.21 bits per heavy atom. The van der Waals surface area contributed by atoms with Crippen LogP contribution in [0.4, 0.5) is 11.5 Å². The van der Waals surface area contributed by atoms with Crippen molar-refractivity contribution in [1.82, 2.24) is 24.7 Å². The summed E-state index contributed by atoms with van der Waals surface area (Å²) >= 11 is 0. The van der Waals surface area contributed by atoms with Crippen molar-refractivity contribution < 1.29 is 4.74 Å². The van der Waals surface area contributed by atoms with Crippen LogP contribution in [0.5, 0.6) is 5.88 Å². The second-order valence-corrected chi connectivity index (χ2v) is 3.76. The Morgan fingerprint density at radius 3 is 2.95 bits per heavy atom. The number of hydrogen-bond donors (Lipinski definition) is 2. The smallest absolute Gasteiger partial charge is 0.242 e. The standard InChI is InChI=1S/C11H17N7O/c1-3-18-7-16-17-8(18)5-13-10-9(12)11(19-4-2)15-6-14-10/h6-7H,3-5,12H2,1-2H3,(H,13,14,15). The van der Waals surface area contributed by atoms with Gasteiger partial charge in [0.1, 0.15) is 18.3 Å². The van der Waals surface area contributed by atoms with Gasteiger partial charge in [0.25, 0.3) is 0 Å². The van der Waals surface area contributed by atoms with Gasteiger partial charge in [-0.2, -0.15) is 4.98 Å². The normalized spacial score (nSPS) is 10.4. The minimum Gasteiger partial charge on any atom is -0.476 e. The number of aromatic nitrogens is 5. The van der Waals surface area contributed by atoms with Gasteiger partial charge in [-0.05, 0) is 13.8 Å². The molecule has 0 fully saturated rings. The van der Waals surface area contributed by atoms with Crippen LogP contribution in [0.1, 0.15) is 19.7 Å². The fraction of sp³-hybridized carbons (Fsp3) is 0.455. The van der Waals surface area contributed by atoms with E-state index in [1.54, 1.807) is 6.33 Å². The average Bonchev–Trinajstić information content (AvgIpc) is 2.87. The van der Waals surface area contributed by atoms with Crippen LogP contribution in [-0.4, -0.2) is 31.3 Å². The maximum absolute atomic E-state index is 5.92. The molecule has 0 aliphatic heterocycles. The summed E-state index contributed by atoms with van der Waals surface area (Å²) in [5, 5.41) is 11.0. The topological polar surface area (TPSA) is 104 Å². The van der Waals surface area contributed by atoms with Gasteiger partial charge in [-0.15, -0.1) is 10.2 Å². The molecule has 0 unspecified atom stereocenters. The number of rotatable bonds is 6. The van der Waals surface area contributed by atoms with E-state index in [1.807, 2.05) is 18.4 Å². The predicted octanol–water partition coefficient (Wildman–Crippen LogP) is 0.681. The molecule has 0 saturated carbocycles. The molecule has 0 radical (unpaired) electrons. The third kappa shape index (κ3) is 2.90. The highest BCUT2D eigenvalue weighted by atomic mass is 16.5. The third-order valence-corrected chi connectivity index (χ3v) is 2.58. The number of hydrogen-bond acceptors (Lipinski definition) is 7. The van der Waals surface area contributed by atoms with E-state index in [1.165, 1.54) is 6.33 Å². The fourth-order valence-electron chi connectivity index (χ4n) is 1.61. The minimum absolute atomic E-state index is 0.386. The average molecular weight is 263 g/mol. The van der Waals surface area contributed by atoms with Gasteiger partial charge < -0.3 is 20.4 Å². The lowest BCUT2D eigenvalue weighted by Crippen LogP contribution is -2.11. The Labute approximate surface area is 111 Å². The van der Waals surface area contributed by atoms with E-state index in [0.717, 1.165) is 12.4 Å². The Bertz CT molecular complexity index is 540. The van der Waals surface area contributed by atoms with Crippen molar-refractivity contribution in [2.75, 3.05) is 17.7 Å². The molecule has 8 heteroatoms. The van der Waals surface area contributed by atoms with Crippen LogP contribution in [0.3, 0.4) is 0 Å². The van der Waals surface area contributed by atoms with E-state index in [-0.39, 0.29) is 0 Å². The lowest BCUT2D eigenvalue weighted by molar-refractivity contribution is 0.328. The number of ether oxygens (including phenoxy) is 1. The lowest BCUT2D eigenvalue weighted by Gasteiger charge is -2.10. The summed E-state index contributed by atoms with van der Waals surface area (Å²) in [4.78, 5) is 8.07.